The summed E-state index contributed by atoms with van der Waals surface area (Å²) in [6.07, 6.45) is 7.80. The summed E-state index contributed by atoms with van der Waals surface area (Å²) < 4.78 is 2.04. The Morgan fingerprint density at radius 1 is 1.00 bits per heavy atom. The predicted molar refractivity (Wildman–Crippen MR) is 121 cm³/mol. The van der Waals surface area contributed by atoms with Crippen LogP contribution < -0.4 is 17.0 Å². The van der Waals surface area contributed by atoms with Crippen LogP contribution in [0.3, 0.4) is 0 Å². The first-order chi connectivity index (χ1) is 14.6. The lowest BCUT2D eigenvalue weighted by atomic mass is 10.0. The molecule has 0 saturated carbocycles. The summed E-state index contributed by atoms with van der Waals surface area (Å²) in [5.41, 5.74) is 5.73. The highest BCUT2D eigenvalue weighted by Crippen LogP contribution is 2.18. The lowest BCUT2D eigenvalue weighted by molar-refractivity contribution is 0.0955. The Balaban J connectivity index is 1.87. The van der Waals surface area contributed by atoms with Crippen molar-refractivity contribution in [1.82, 2.24) is 9.88 Å². The fraction of sp³-hybridized carbons (Fsp3) is 0.174. The van der Waals surface area contributed by atoms with Crippen LogP contribution in [0.4, 0.5) is 0 Å². The maximum atomic E-state index is 12.6. The zero-order valence-corrected chi connectivity index (χ0v) is 17.0. The molecule has 0 spiro atoms. The van der Waals surface area contributed by atoms with Crippen LogP contribution >= 0.6 is 0 Å². The molecule has 0 aliphatic carbocycles. The average Bonchev–Trinajstić information content (AvgIpc) is 3.12. The van der Waals surface area contributed by atoms with Crippen LogP contribution in [0.2, 0.25) is 0 Å². The zero-order valence-electron chi connectivity index (χ0n) is 17.0. The first kappa shape index (κ1) is 20.9. The van der Waals surface area contributed by atoms with Crippen molar-refractivity contribution in [2.24, 2.45) is 21.9 Å². The topological polar surface area (TPSA) is 111 Å². The van der Waals surface area contributed by atoms with Gasteiger partial charge < -0.3 is 21.6 Å². The quantitative estimate of drug-likeness (QED) is 0.306. The van der Waals surface area contributed by atoms with E-state index in [4.69, 9.17) is 11.7 Å². The highest BCUT2D eigenvalue weighted by atomic mass is 16.1. The molecule has 7 nitrogen and oxygen atoms in total. The van der Waals surface area contributed by atoms with Crippen molar-refractivity contribution in [2.75, 3.05) is 6.54 Å². The van der Waals surface area contributed by atoms with Gasteiger partial charge in [0, 0.05) is 25.5 Å². The minimum atomic E-state index is -0.0675. The van der Waals surface area contributed by atoms with Crippen LogP contribution in [0.5, 0.6) is 0 Å². The van der Waals surface area contributed by atoms with Gasteiger partial charge in [0.1, 0.15) is 0 Å². The lowest BCUT2D eigenvalue weighted by Crippen LogP contribution is -2.23. The maximum Gasteiger partial charge on any atom is 0.253 e. The highest BCUT2D eigenvalue weighted by molar-refractivity contribution is 5.95. The van der Waals surface area contributed by atoms with Gasteiger partial charge in [0.15, 0.2) is 0 Å². The Morgan fingerprint density at radius 2 is 1.73 bits per heavy atom. The second-order valence-corrected chi connectivity index (χ2v) is 6.95. The minimum Gasteiger partial charge on any atom is -0.352 e. The van der Waals surface area contributed by atoms with E-state index in [-0.39, 0.29) is 5.91 Å². The minimum absolute atomic E-state index is 0.0675. The molecule has 154 valence electrons. The normalized spacial score (nSPS) is 11.4. The van der Waals surface area contributed by atoms with Crippen molar-refractivity contribution >= 4 is 18.3 Å². The number of rotatable bonds is 8. The highest BCUT2D eigenvalue weighted by Gasteiger charge is 2.15. The number of aromatic nitrogens is 1. The number of carbonyl (C=O) groups excluding carboxylic acids is 1. The molecular weight excluding hydrogens is 376 g/mol. The first-order valence-corrected chi connectivity index (χ1v) is 9.74. The third kappa shape index (κ3) is 5.35. The summed E-state index contributed by atoms with van der Waals surface area (Å²) in [6.45, 7) is 3.14. The number of amides is 1. The molecule has 0 fully saturated rings. The van der Waals surface area contributed by atoms with E-state index in [0.717, 1.165) is 27.8 Å². The monoisotopic (exact) mass is 402 g/mol. The van der Waals surface area contributed by atoms with Crippen molar-refractivity contribution in [1.29, 1.82) is 0 Å². The SMILES string of the molecule is CCNC(=O)c1cn(Cc2cccc(C=NN)c2)cc1Cc1ccc(C=NN)cc1. The van der Waals surface area contributed by atoms with Crippen LogP contribution in [0.15, 0.2) is 71.1 Å². The van der Waals surface area contributed by atoms with Gasteiger partial charge >= 0.3 is 0 Å². The summed E-state index contributed by atoms with van der Waals surface area (Å²) in [4.78, 5) is 12.6. The fourth-order valence-corrected chi connectivity index (χ4v) is 3.34. The molecule has 1 heterocycles. The van der Waals surface area contributed by atoms with Crippen LogP contribution in [0, 0.1) is 0 Å². The van der Waals surface area contributed by atoms with Crippen molar-refractivity contribution in [3.63, 3.8) is 0 Å². The molecule has 0 aliphatic rings. The summed E-state index contributed by atoms with van der Waals surface area (Å²) in [6, 6.07) is 15.9. The predicted octanol–water partition coefficient (Wildman–Crippen LogP) is 2.46. The molecule has 1 aromatic heterocycles. The van der Waals surface area contributed by atoms with Crippen molar-refractivity contribution in [3.8, 4) is 0 Å². The van der Waals surface area contributed by atoms with Crippen LogP contribution in [-0.4, -0.2) is 29.4 Å². The van der Waals surface area contributed by atoms with Gasteiger partial charge in [-0.15, -0.1) is 0 Å². The zero-order chi connectivity index (χ0) is 21.3. The number of nitrogens with zero attached hydrogens (tertiary/aromatic N) is 3. The lowest BCUT2D eigenvalue weighted by Gasteiger charge is -2.05. The Labute approximate surface area is 176 Å². The van der Waals surface area contributed by atoms with Gasteiger partial charge in [-0.3, -0.25) is 4.79 Å². The van der Waals surface area contributed by atoms with Gasteiger partial charge in [0.05, 0.1) is 18.0 Å². The molecule has 3 aromatic rings. The molecule has 7 heteroatoms. The smallest absolute Gasteiger partial charge is 0.253 e. The van der Waals surface area contributed by atoms with E-state index < -0.39 is 0 Å². The maximum absolute atomic E-state index is 12.6. The van der Waals surface area contributed by atoms with E-state index in [0.29, 0.717) is 25.1 Å². The molecule has 2 aromatic carbocycles. The number of hydrogen-bond acceptors (Lipinski definition) is 5. The number of nitrogens with one attached hydrogen (secondary N) is 1. The molecule has 0 bridgehead atoms. The molecule has 0 unspecified atom stereocenters. The standard InChI is InChI=1S/C23H26N6O/c1-2-26-23(30)22-16-29(14-20-5-3-4-19(10-20)13-28-25)15-21(22)11-17-6-8-18(9-7-17)12-27-24/h3-10,12-13,15-16H,2,11,14,24-25H2,1H3,(H,26,30). The van der Waals surface area contributed by atoms with Crippen molar-refractivity contribution < 1.29 is 4.79 Å². The number of carbonyl (C=O) groups is 1. The van der Waals surface area contributed by atoms with Gasteiger partial charge in [-0.25, -0.2) is 0 Å². The molecule has 5 N–H and O–H groups in total. The summed E-state index contributed by atoms with van der Waals surface area (Å²) in [5.74, 6) is 10.4. The van der Waals surface area contributed by atoms with E-state index in [9.17, 15) is 4.79 Å². The number of hydrazone groups is 2. The van der Waals surface area contributed by atoms with Crippen LogP contribution in [0.1, 0.15) is 45.1 Å². The van der Waals surface area contributed by atoms with Crippen LogP contribution in [0.25, 0.3) is 0 Å². The van der Waals surface area contributed by atoms with Gasteiger partial charge in [-0.1, -0.05) is 42.5 Å². The van der Waals surface area contributed by atoms with E-state index in [2.05, 4.69) is 15.5 Å². The van der Waals surface area contributed by atoms with Crippen molar-refractivity contribution in [3.05, 3.63) is 94.3 Å². The molecule has 0 aliphatic heterocycles. The van der Waals surface area contributed by atoms with Crippen molar-refractivity contribution in [2.45, 2.75) is 19.9 Å². The average molecular weight is 403 g/mol. The molecule has 0 saturated heterocycles. The van der Waals surface area contributed by atoms with Gasteiger partial charge in [-0.2, -0.15) is 10.2 Å². The van der Waals surface area contributed by atoms with Gasteiger partial charge in [-0.05, 0) is 47.2 Å². The third-order valence-corrected chi connectivity index (χ3v) is 4.68. The Hall–Kier alpha value is -3.87. The molecule has 3 rings (SSSR count). The number of nitrogens with two attached hydrogens (primary N) is 2. The first-order valence-electron chi connectivity index (χ1n) is 9.74. The van der Waals surface area contributed by atoms with Gasteiger partial charge in [0.25, 0.3) is 5.91 Å². The Morgan fingerprint density at radius 3 is 2.43 bits per heavy atom. The molecule has 30 heavy (non-hydrogen) atoms. The van der Waals surface area contributed by atoms with E-state index in [1.165, 1.54) is 0 Å². The third-order valence-electron chi connectivity index (χ3n) is 4.68. The van der Waals surface area contributed by atoms with Crippen LogP contribution in [-0.2, 0) is 13.0 Å². The number of benzene rings is 2. The largest absolute Gasteiger partial charge is 0.352 e. The fourth-order valence-electron chi connectivity index (χ4n) is 3.34. The number of hydrogen-bond donors (Lipinski definition) is 3. The van der Waals surface area contributed by atoms with E-state index >= 15 is 0 Å². The second kappa shape index (κ2) is 10.1. The summed E-state index contributed by atoms with van der Waals surface area (Å²) in [7, 11) is 0. The van der Waals surface area contributed by atoms with E-state index in [1.54, 1.807) is 12.4 Å². The summed E-state index contributed by atoms with van der Waals surface area (Å²) >= 11 is 0. The van der Waals surface area contributed by atoms with Gasteiger partial charge in [0.2, 0.25) is 0 Å². The molecular formula is C23H26N6O. The Bertz CT molecular complexity index is 1050. The van der Waals surface area contributed by atoms with E-state index in [1.807, 2.05) is 72.4 Å². The second-order valence-electron chi connectivity index (χ2n) is 6.95. The molecule has 1 amide bonds. The Kier molecular flexibility index (Phi) is 7.00. The molecule has 0 atom stereocenters. The molecule has 0 radical (unpaired) electrons. The summed E-state index contributed by atoms with van der Waals surface area (Å²) in [5, 5.41) is 10.0.